The number of para-hydroxylation sites is 3. The molecule has 0 saturated heterocycles. The molecule has 0 saturated carbocycles. The van der Waals surface area contributed by atoms with E-state index >= 15 is 0 Å². The molecule has 2 heterocycles. The van der Waals surface area contributed by atoms with Gasteiger partial charge in [0.15, 0.2) is 0 Å². The van der Waals surface area contributed by atoms with Crippen LogP contribution in [0.5, 0.6) is 0 Å². The molecule has 0 aliphatic heterocycles. The van der Waals surface area contributed by atoms with Gasteiger partial charge < -0.3 is 9.13 Å². The molecule has 202 valence electrons. The molecule has 0 N–H and O–H groups in total. The Balaban J connectivity index is 1.19. The first-order valence-electron chi connectivity index (χ1n) is 14.7. The van der Waals surface area contributed by atoms with Gasteiger partial charge >= 0.3 is 0 Å². The summed E-state index contributed by atoms with van der Waals surface area (Å²) in [5.41, 5.74) is 11.2. The molecule has 2 heteroatoms. The van der Waals surface area contributed by atoms with Crippen LogP contribution in [0.2, 0.25) is 0 Å². The molecule has 2 nitrogen and oxygen atoms in total. The van der Waals surface area contributed by atoms with Gasteiger partial charge in [-0.3, -0.25) is 0 Å². The van der Waals surface area contributed by atoms with Crippen LogP contribution in [0.3, 0.4) is 0 Å². The van der Waals surface area contributed by atoms with E-state index in [-0.39, 0.29) is 5.41 Å². The average Bonchev–Trinajstić information content (AvgIpc) is 3.54. The maximum absolute atomic E-state index is 2.40. The van der Waals surface area contributed by atoms with Crippen molar-refractivity contribution in [1.29, 1.82) is 0 Å². The maximum atomic E-state index is 2.40. The first kappa shape index (κ1) is 24.7. The zero-order valence-electron chi connectivity index (χ0n) is 24.2. The SMILES string of the molecule is CC(C)(C)c1ccc2c(c1)c1ccccc1n2-c1ccc(-c2ccc(-n3c4ccccc4c4ccccc43)cc2)cc1. The lowest BCUT2D eigenvalue weighted by Gasteiger charge is -2.19. The Labute approximate surface area is 246 Å². The highest BCUT2D eigenvalue weighted by Crippen LogP contribution is 2.36. The van der Waals surface area contributed by atoms with Crippen molar-refractivity contribution in [1.82, 2.24) is 9.13 Å². The molecule has 2 aromatic heterocycles. The van der Waals surface area contributed by atoms with Gasteiger partial charge in [0.05, 0.1) is 22.1 Å². The second kappa shape index (κ2) is 9.22. The molecule has 0 unspecified atom stereocenters. The van der Waals surface area contributed by atoms with Crippen molar-refractivity contribution in [2.24, 2.45) is 0 Å². The van der Waals surface area contributed by atoms with Crippen LogP contribution in [0.4, 0.5) is 0 Å². The molecule has 42 heavy (non-hydrogen) atoms. The van der Waals surface area contributed by atoms with Crippen LogP contribution in [0.1, 0.15) is 26.3 Å². The molecule has 0 bridgehead atoms. The molecule has 8 aromatic rings. The summed E-state index contributed by atoms with van der Waals surface area (Å²) in [7, 11) is 0. The summed E-state index contributed by atoms with van der Waals surface area (Å²) in [6, 6.07) is 51.0. The minimum absolute atomic E-state index is 0.107. The van der Waals surface area contributed by atoms with Crippen LogP contribution in [-0.4, -0.2) is 9.13 Å². The van der Waals surface area contributed by atoms with E-state index in [4.69, 9.17) is 0 Å². The summed E-state index contributed by atoms with van der Waals surface area (Å²) >= 11 is 0. The van der Waals surface area contributed by atoms with Crippen molar-refractivity contribution in [2.75, 3.05) is 0 Å². The third kappa shape index (κ3) is 3.79. The number of benzene rings is 6. The number of fused-ring (bicyclic) bond motifs is 6. The zero-order valence-corrected chi connectivity index (χ0v) is 24.2. The van der Waals surface area contributed by atoms with Gasteiger partial charge in [0.25, 0.3) is 0 Å². The predicted molar refractivity (Wildman–Crippen MR) is 179 cm³/mol. The van der Waals surface area contributed by atoms with Gasteiger partial charge in [0.2, 0.25) is 0 Å². The van der Waals surface area contributed by atoms with Gasteiger partial charge in [0.1, 0.15) is 0 Å². The lowest BCUT2D eigenvalue weighted by molar-refractivity contribution is 0.591. The van der Waals surface area contributed by atoms with Gasteiger partial charge in [-0.1, -0.05) is 106 Å². The fourth-order valence-corrected chi connectivity index (χ4v) is 6.52. The van der Waals surface area contributed by atoms with E-state index in [1.165, 1.54) is 71.7 Å². The van der Waals surface area contributed by atoms with E-state index in [0.29, 0.717) is 0 Å². The van der Waals surface area contributed by atoms with Crippen LogP contribution in [0.15, 0.2) is 140 Å². The molecule has 0 spiro atoms. The van der Waals surface area contributed by atoms with E-state index in [9.17, 15) is 0 Å². The topological polar surface area (TPSA) is 9.86 Å². The van der Waals surface area contributed by atoms with Crippen molar-refractivity contribution in [3.8, 4) is 22.5 Å². The van der Waals surface area contributed by atoms with E-state index in [2.05, 4.69) is 169 Å². The smallest absolute Gasteiger partial charge is 0.0541 e. The summed E-state index contributed by atoms with van der Waals surface area (Å²) in [5, 5.41) is 5.17. The highest BCUT2D eigenvalue weighted by atomic mass is 15.0. The molecule has 0 radical (unpaired) electrons. The zero-order chi connectivity index (χ0) is 28.4. The number of nitrogens with zero attached hydrogens (tertiary/aromatic N) is 2. The molecular weight excluding hydrogens is 508 g/mol. The number of hydrogen-bond acceptors (Lipinski definition) is 0. The molecule has 0 amide bonds. The van der Waals surface area contributed by atoms with Crippen LogP contribution >= 0.6 is 0 Å². The molecule has 8 rings (SSSR count). The van der Waals surface area contributed by atoms with Crippen LogP contribution in [0.25, 0.3) is 66.1 Å². The van der Waals surface area contributed by atoms with Crippen molar-refractivity contribution < 1.29 is 0 Å². The Morgan fingerprint density at radius 1 is 0.381 bits per heavy atom. The monoisotopic (exact) mass is 540 g/mol. The molecular formula is C40H32N2. The summed E-state index contributed by atoms with van der Waals surface area (Å²) in [6.07, 6.45) is 0. The van der Waals surface area contributed by atoms with Crippen LogP contribution < -0.4 is 0 Å². The fraction of sp³-hybridized carbons (Fsp3) is 0.100. The molecule has 0 aliphatic carbocycles. The van der Waals surface area contributed by atoms with Gasteiger partial charge in [-0.15, -0.1) is 0 Å². The molecule has 6 aromatic carbocycles. The molecule has 0 fully saturated rings. The Kier molecular flexibility index (Phi) is 5.42. The van der Waals surface area contributed by atoms with Crippen molar-refractivity contribution in [3.05, 3.63) is 145 Å². The Bertz CT molecular complexity index is 2200. The second-order valence-corrected chi connectivity index (χ2v) is 12.3. The third-order valence-corrected chi connectivity index (χ3v) is 8.70. The summed E-state index contributed by atoms with van der Waals surface area (Å²) in [6.45, 7) is 6.84. The average molecular weight is 541 g/mol. The highest BCUT2D eigenvalue weighted by Gasteiger charge is 2.18. The van der Waals surface area contributed by atoms with Gasteiger partial charge in [0, 0.05) is 32.9 Å². The second-order valence-electron chi connectivity index (χ2n) is 12.3. The van der Waals surface area contributed by atoms with E-state index in [1.807, 2.05) is 0 Å². The van der Waals surface area contributed by atoms with Gasteiger partial charge in [-0.2, -0.15) is 0 Å². The fourth-order valence-electron chi connectivity index (χ4n) is 6.52. The summed E-state index contributed by atoms with van der Waals surface area (Å²) in [5.74, 6) is 0. The van der Waals surface area contributed by atoms with Crippen LogP contribution in [0, 0.1) is 0 Å². The van der Waals surface area contributed by atoms with Crippen molar-refractivity contribution in [3.63, 3.8) is 0 Å². The van der Waals surface area contributed by atoms with Crippen LogP contribution in [-0.2, 0) is 5.41 Å². The number of aromatic nitrogens is 2. The normalized spacial score (nSPS) is 12.2. The number of rotatable bonds is 3. The number of hydrogen-bond donors (Lipinski definition) is 0. The largest absolute Gasteiger partial charge is 0.309 e. The lowest BCUT2D eigenvalue weighted by Crippen LogP contribution is -2.10. The minimum atomic E-state index is 0.107. The quantitative estimate of drug-likeness (QED) is 0.211. The van der Waals surface area contributed by atoms with Gasteiger partial charge in [-0.05, 0) is 76.7 Å². The first-order valence-corrected chi connectivity index (χ1v) is 14.7. The van der Waals surface area contributed by atoms with E-state index in [1.54, 1.807) is 0 Å². The predicted octanol–water partition coefficient (Wildman–Crippen LogP) is 10.8. The first-order chi connectivity index (χ1) is 20.5. The Morgan fingerprint density at radius 2 is 0.762 bits per heavy atom. The molecule has 0 aliphatic rings. The Morgan fingerprint density at radius 3 is 1.19 bits per heavy atom. The molecule has 0 atom stereocenters. The standard InChI is InChI=1S/C40H32N2/c1-40(2,3)29-20-25-39-35(26-29)34-12-6-9-15-38(34)42(39)31-23-18-28(19-24-31)27-16-21-30(22-17-27)41-36-13-7-4-10-32(36)33-11-5-8-14-37(33)41/h4-26H,1-3H3. The third-order valence-electron chi connectivity index (χ3n) is 8.70. The Hall–Kier alpha value is -5.08. The minimum Gasteiger partial charge on any atom is -0.309 e. The van der Waals surface area contributed by atoms with Crippen molar-refractivity contribution in [2.45, 2.75) is 26.2 Å². The maximum Gasteiger partial charge on any atom is 0.0541 e. The van der Waals surface area contributed by atoms with E-state index in [0.717, 1.165) is 0 Å². The lowest BCUT2D eigenvalue weighted by atomic mass is 9.86. The van der Waals surface area contributed by atoms with E-state index < -0.39 is 0 Å². The highest BCUT2D eigenvalue weighted by molar-refractivity contribution is 6.10. The summed E-state index contributed by atoms with van der Waals surface area (Å²) < 4.78 is 4.76. The van der Waals surface area contributed by atoms with Crippen molar-refractivity contribution >= 4 is 43.6 Å². The summed E-state index contributed by atoms with van der Waals surface area (Å²) in [4.78, 5) is 0. The van der Waals surface area contributed by atoms with Gasteiger partial charge in [-0.25, -0.2) is 0 Å².